The molecule has 0 bridgehead atoms. The second-order valence-electron chi connectivity index (χ2n) is 5.51. The lowest BCUT2D eigenvalue weighted by atomic mass is 10.0. The molecule has 0 unspecified atom stereocenters. The normalized spacial score (nSPS) is 12.5. The highest BCUT2D eigenvalue weighted by molar-refractivity contribution is 6.13. The Morgan fingerprint density at radius 3 is 2.29 bits per heavy atom. The minimum absolute atomic E-state index is 0.662. The summed E-state index contributed by atoms with van der Waals surface area (Å²) < 4.78 is 5.58. The van der Waals surface area contributed by atoms with Crippen LogP contribution >= 0.6 is 0 Å². The van der Waals surface area contributed by atoms with Gasteiger partial charge in [-0.25, -0.2) is 9.98 Å². The Labute approximate surface area is 140 Å². The predicted molar refractivity (Wildman–Crippen MR) is 96.4 cm³/mol. The molecule has 1 aliphatic heterocycles. The zero-order chi connectivity index (χ0) is 16.2. The van der Waals surface area contributed by atoms with E-state index in [1.54, 1.807) is 6.20 Å². The van der Waals surface area contributed by atoms with Crippen molar-refractivity contribution in [2.24, 2.45) is 4.99 Å². The van der Waals surface area contributed by atoms with Crippen molar-refractivity contribution in [3.05, 3.63) is 84.1 Å². The van der Waals surface area contributed by atoms with Crippen molar-refractivity contribution in [1.29, 1.82) is 0 Å². The lowest BCUT2D eigenvalue weighted by Crippen LogP contribution is -2.18. The number of ether oxygens (including phenoxy) is 1. The monoisotopic (exact) mass is 315 g/mol. The Bertz CT molecular complexity index is 819. The van der Waals surface area contributed by atoms with Gasteiger partial charge in [0.1, 0.15) is 6.61 Å². The molecule has 1 N–H and O–H groups in total. The molecule has 0 radical (unpaired) electrons. The summed E-state index contributed by atoms with van der Waals surface area (Å²) in [6, 6.07) is 22.3. The van der Waals surface area contributed by atoms with Crippen LogP contribution in [0.2, 0.25) is 0 Å². The van der Waals surface area contributed by atoms with Crippen molar-refractivity contribution in [3.8, 4) is 5.75 Å². The highest BCUT2D eigenvalue weighted by Crippen LogP contribution is 2.29. The van der Waals surface area contributed by atoms with Crippen molar-refractivity contribution < 1.29 is 4.74 Å². The van der Waals surface area contributed by atoms with Crippen molar-refractivity contribution in [1.82, 2.24) is 4.98 Å². The van der Waals surface area contributed by atoms with E-state index in [9.17, 15) is 0 Å². The molecular weight excluding hydrogens is 298 g/mol. The van der Waals surface area contributed by atoms with Crippen LogP contribution in [0.15, 0.2) is 77.9 Å². The van der Waals surface area contributed by atoms with E-state index >= 15 is 0 Å². The second-order valence-corrected chi connectivity index (χ2v) is 5.51. The first kappa shape index (κ1) is 14.5. The number of pyridine rings is 1. The Balaban J connectivity index is 1.80. The third-order valence-corrected chi connectivity index (χ3v) is 3.85. The number of benzene rings is 2. The molecule has 4 rings (SSSR count). The van der Waals surface area contributed by atoms with E-state index in [0.29, 0.717) is 12.4 Å². The fourth-order valence-corrected chi connectivity index (χ4v) is 2.70. The van der Waals surface area contributed by atoms with Crippen LogP contribution < -0.4 is 10.1 Å². The summed E-state index contributed by atoms with van der Waals surface area (Å²) >= 11 is 0. The molecular formula is C20H17N3O. The van der Waals surface area contributed by atoms with Gasteiger partial charge in [-0.2, -0.15) is 0 Å². The molecule has 0 saturated heterocycles. The van der Waals surface area contributed by atoms with Gasteiger partial charge in [0.25, 0.3) is 0 Å². The molecule has 0 spiro atoms. The zero-order valence-electron chi connectivity index (χ0n) is 13.1. The second kappa shape index (κ2) is 6.54. The van der Waals surface area contributed by atoms with E-state index in [1.165, 1.54) is 0 Å². The van der Waals surface area contributed by atoms with E-state index in [-0.39, 0.29) is 0 Å². The largest absolute Gasteiger partial charge is 0.488 e. The molecule has 0 amide bonds. The van der Waals surface area contributed by atoms with E-state index in [1.807, 2.05) is 42.5 Å². The summed E-state index contributed by atoms with van der Waals surface area (Å²) in [5.74, 6) is 1.44. The van der Waals surface area contributed by atoms with Crippen molar-refractivity contribution in [2.45, 2.75) is 0 Å². The summed E-state index contributed by atoms with van der Waals surface area (Å²) in [5.41, 5.74) is 3.97. The van der Waals surface area contributed by atoms with Crippen LogP contribution in [-0.4, -0.2) is 23.8 Å². The summed E-state index contributed by atoms with van der Waals surface area (Å²) in [6.07, 6.45) is 1.73. The molecule has 0 saturated carbocycles. The molecule has 2 heterocycles. The predicted octanol–water partition coefficient (Wildman–Crippen LogP) is 4.06. The van der Waals surface area contributed by atoms with Crippen LogP contribution in [0.4, 0.5) is 11.5 Å². The Kier molecular flexibility index (Phi) is 3.94. The topological polar surface area (TPSA) is 46.5 Å². The number of hydrogen-bond donors (Lipinski definition) is 1. The minimum Gasteiger partial charge on any atom is -0.488 e. The van der Waals surface area contributed by atoms with E-state index in [4.69, 9.17) is 9.73 Å². The summed E-state index contributed by atoms with van der Waals surface area (Å²) in [4.78, 5) is 9.25. The van der Waals surface area contributed by atoms with Crippen LogP contribution in [0.5, 0.6) is 5.75 Å². The number of nitrogens with one attached hydrogen (secondary N) is 1. The van der Waals surface area contributed by atoms with Gasteiger partial charge in [-0.1, -0.05) is 60.7 Å². The Hall–Kier alpha value is -3.14. The summed E-state index contributed by atoms with van der Waals surface area (Å²) in [7, 11) is 0. The molecule has 0 atom stereocenters. The third-order valence-electron chi connectivity index (χ3n) is 3.85. The molecule has 24 heavy (non-hydrogen) atoms. The van der Waals surface area contributed by atoms with Gasteiger partial charge in [-0.3, -0.25) is 0 Å². The highest BCUT2D eigenvalue weighted by atomic mass is 16.5. The Morgan fingerprint density at radius 2 is 1.62 bits per heavy atom. The number of nitrogens with zero attached hydrogens (tertiary/aromatic N) is 2. The van der Waals surface area contributed by atoms with Crippen LogP contribution in [0.1, 0.15) is 11.1 Å². The fraction of sp³-hybridized carbons (Fsp3) is 0.100. The van der Waals surface area contributed by atoms with E-state index in [2.05, 4.69) is 34.6 Å². The maximum absolute atomic E-state index is 5.58. The van der Waals surface area contributed by atoms with Gasteiger partial charge < -0.3 is 10.1 Å². The molecule has 4 nitrogen and oxygen atoms in total. The number of hydrogen-bond acceptors (Lipinski definition) is 4. The van der Waals surface area contributed by atoms with Crippen molar-refractivity contribution >= 4 is 17.2 Å². The van der Waals surface area contributed by atoms with E-state index in [0.717, 1.165) is 34.8 Å². The molecule has 1 aromatic heterocycles. The summed E-state index contributed by atoms with van der Waals surface area (Å²) in [5, 5.41) is 3.32. The quantitative estimate of drug-likeness (QED) is 0.742. The number of rotatable bonds is 3. The number of aliphatic imine (C=N–C) groups is 1. The number of fused-ring (bicyclic) bond motifs is 1. The average Bonchev–Trinajstić information content (AvgIpc) is 2.67. The first-order valence-corrected chi connectivity index (χ1v) is 7.96. The standard InChI is InChI=1S/C20H17N3O/c1-3-7-15(8-4-1)20(16-9-5-2-6-10-16)23-19-13-17-18(14-22-19)24-12-11-21-17/h1-10,13-14,21H,11-12H2. The number of aromatic nitrogens is 1. The molecule has 118 valence electrons. The van der Waals surface area contributed by atoms with Crippen LogP contribution in [0.25, 0.3) is 0 Å². The van der Waals surface area contributed by atoms with Gasteiger partial charge in [0.05, 0.1) is 17.6 Å². The first-order valence-electron chi connectivity index (χ1n) is 7.96. The van der Waals surface area contributed by atoms with Gasteiger partial charge in [0.15, 0.2) is 11.6 Å². The summed E-state index contributed by atoms with van der Waals surface area (Å²) in [6.45, 7) is 1.46. The molecule has 1 aliphatic rings. The third kappa shape index (κ3) is 2.99. The fourth-order valence-electron chi connectivity index (χ4n) is 2.70. The van der Waals surface area contributed by atoms with Gasteiger partial charge >= 0.3 is 0 Å². The van der Waals surface area contributed by atoms with Crippen LogP contribution in [-0.2, 0) is 0 Å². The zero-order valence-corrected chi connectivity index (χ0v) is 13.1. The Morgan fingerprint density at radius 1 is 0.958 bits per heavy atom. The lowest BCUT2D eigenvalue weighted by molar-refractivity contribution is 0.322. The smallest absolute Gasteiger partial charge is 0.160 e. The first-order chi connectivity index (χ1) is 11.9. The number of anilines is 1. The average molecular weight is 315 g/mol. The maximum atomic E-state index is 5.58. The molecule has 0 aliphatic carbocycles. The maximum Gasteiger partial charge on any atom is 0.160 e. The highest BCUT2D eigenvalue weighted by Gasteiger charge is 2.12. The molecule has 3 aromatic rings. The van der Waals surface area contributed by atoms with Crippen molar-refractivity contribution in [2.75, 3.05) is 18.5 Å². The molecule has 0 fully saturated rings. The molecule has 4 heteroatoms. The molecule has 2 aromatic carbocycles. The van der Waals surface area contributed by atoms with E-state index < -0.39 is 0 Å². The van der Waals surface area contributed by atoms with Gasteiger partial charge in [0, 0.05) is 23.7 Å². The van der Waals surface area contributed by atoms with Gasteiger partial charge in [-0.15, -0.1) is 0 Å². The van der Waals surface area contributed by atoms with Crippen molar-refractivity contribution in [3.63, 3.8) is 0 Å². The van der Waals surface area contributed by atoms with Crippen LogP contribution in [0, 0.1) is 0 Å². The lowest BCUT2D eigenvalue weighted by Gasteiger charge is -2.18. The van der Waals surface area contributed by atoms with Gasteiger partial charge in [-0.05, 0) is 0 Å². The van der Waals surface area contributed by atoms with Crippen LogP contribution in [0.3, 0.4) is 0 Å². The minimum atomic E-state index is 0.662. The SMILES string of the molecule is c1ccc(C(=Nc2cc3c(cn2)OCCN3)c2ccccc2)cc1. The van der Waals surface area contributed by atoms with Gasteiger partial charge in [0.2, 0.25) is 0 Å².